The number of aromatic nitrogens is 4. The molecular formula is C17H11F3N4S. The van der Waals surface area contributed by atoms with Crippen LogP contribution in [0.4, 0.5) is 13.2 Å². The van der Waals surface area contributed by atoms with Gasteiger partial charge in [-0.25, -0.2) is 9.67 Å². The molecule has 0 fully saturated rings. The zero-order chi connectivity index (χ0) is 17.4. The van der Waals surface area contributed by atoms with E-state index in [1.807, 2.05) is 6.07 Å². The van der Waals surface area contributed by atoms with Crippen LogP contribution >= 0.6 is 11.3 Å². The molecular weight excluding hydrogens is 349 g/mol. The number of pyridine rings is 2. The topological polar surface area (TPSA) is 43.6 Å². The standard InChI is InChI=1S/C17H11F3N4S/c18-17(19,20)13-7-14(15-4-2-6-25-15)23-16-12(13)9-22-24(16)10-11-3-1-5-21-8-11/h1-9H,10H2. The van der Waals surface area contributed by atoms with Gasteiger partial charge in [-0.05, 0) is 29.1 Å². The molecule has 0 atom stereocenters. The first-order valence-corrected chi connectivity index (χ1v) is 8.27. The molecule has 0 aliphatic heterocycles. The van der Waals surface area contributed by atoms with Gasteiger partial charge >= 0.3 is 6.18 Å². The van der Waals surface area contributed by atoms with Crippen LogP contribution in [-0.4, -0.2) is 19.7 Å². The predicted octanol–water partition coefficient (Wildman–Crippen LogP) is 4.62. The molecule has 0 spiro atoms. The monoisotopic (exact) mass is 360 g/mol. The summed E-state index contributed by atoms with van der Waals surface area (Å²) in [6.45, 7) is 0.301. The minimum Gasteiger partial charge on any atom is -0.264 e. The number of hydrogen-bond acceptors (Lipinski definition) is 4. The summed E-state index contributed by atoms with van der Waals surface area (Å²) in [5.41, 5.74) is 0.618. The summed E-state index contributed by atoms with van der Waals surface area (Å²) >= 11 is 1.35. The Morgan fingerprint density at radius 2 is 2.00 bits per heavy atom. The van der Waals surface area contributed by atoms with E-state index in [0.29, 0.717) is 17.1 Å². The Bertz CT molecular complexity index is 1010. The number of fused-ring (bicyclic) bond motifs is 1. The molecule has 4 rings (SSSR count). The molecule has 0 saturated carbocycles. The zero-order valence-corrected chi connectivity index (χ0v) is 13.6. The summed E-state index contributed by atoms with van der Waals surface area (Å²) < 4.78 is 42.0. The number of hydrogen-bond donors (Lipinski definition) is 0. The van der Waals surface area contributed by atoms with Crippen LogP contribution in [0, 0.1) is 0 Å². The van der Waals surface area contributed by atoms with E-state index in [1.54, 1.807) is 36.0 Å². The average molecular weight is 360 g/mol. The largest absolute Gasteiger partial charge is 0.417 e. The summed E-state index contributed by atoms with van der Waals surface area (Å²) in [7, 11) is 0. The van der Waals surface area contributed by atoms with Gasteiger partial charge in [0.05, 0.1) is 34.3 Å². The van der Waals surface area contributed by atoms with Gasteiger partial charge in [0.15, 0.2) is 5.65 Å². The maximum absolute atomic E-state index is 13.5. The third-order valence-corrected chi connectivity index (χ3v) is 4.64. The van der Waals surface area contributed by atoms with Crippen LogP contribution in [0.1, 0.15) is 11.1 Å². The normalized spacial score (nSPS) is 12.0. The van der Waals surface area contributed by atoms with Crippen LogP contribution in [0.3, 0.4) is 0 Å². The van der Waals surface area contributed by atoms with E-state index in [1.165, 1.54) is 22.2 Å². The second kappa shape index (κ2) is 5.96. The van der Waals surface area contributed by atoms with Crippen molar-refractivity contribution in [2.45, 2.75) is 12.7 Å². The van der Waals surface area contributed by atoms with Crippen molar-refractivity contribution < 1.29 is 13.2 Å². The molecule has 0 bridgehead atoms. The van der Waals surface area contributed by atoms with Gasteiger partial charge in [0.2, 0.25) is 0 Å². The second-order valence-corrected chi connectivity index (χ2v) is 6.38. The van der Waals surface area contributed by atoms with Crippen molar-refractivity contribution in [2.24, 2.45) is 0 Å². The minimum atomic E-state index is -4.48. The minimum absolute atomic E-state index is 0.00306. The van der Waals surface area contributed by atoms with Crippen molar-refractivity contribution >= 4 is 22.4 Å². The Kier molecular flexibility index (Phi) is 3.76. The smallest absolute Gasteiger partial charge is 0.264 e. The molecule has 0 aromatic carbocycles. The maximum atomic E-state index is 13.5. The molecule has 0 aliphatic rings. The van der Waals surface area contributed by atoms with Gasteiger partial charge in [0, 0.05) is 12.4 Å². The van der Waals surface area contributed by atoms with Gasteiger partial charge < -0.3 is 0 Å². The maximum Gasteiger partial charge on any atom is 0.417 e. The Morgan fingerprint density at radius 3 is 2.68 bits per heavy atom. The molecule has 4 aromatic heterocycles. The van der Waals surface area contributed by atoms with Gasteiger partial charge in [-0.15, -0.1) is 11.3 Å². The van der Waals surface area contributed by atoms with E-state index in [0.717, 1.165) is 11.6 Å². The fraction of sp³-hybridized carbons (Fsp3) is 0.118. The summed E-state index contributed by atoms with van der Waals surface area (Å²) in [5.74, 6) is 0. The van der Waals surface area contributed by atoms with Crippen LogP contribution in [0.25, 0.3) is 21.6 Å². The predicted molar refractivity (Wildman–Crippen MR) is 89.2 cm³/mol. The quantitative estimate of drug-likeness (QED) is 0.535. The second-order valence-electron chi connectivity index (χ2n) is 5.43. The zero-order valence-electron chi connectivity index (χ0n) is 12.7. The lowest BCUT2D eigenvalue weighted by molar-refractivity contribution is -0.136. The van der Waals surface area contributed by atoms with E-state index in [-0.39, 0.29) is 11.0 Å². The molecule has 0 radical (unpaired) electrons. The molecule has 25 heavy (non-hydrogen) atoms. The lowest BCUT2D eigenvalue weighted by Gasteiger charge is -2.10. The van der Waals surface area contributed by atoms with E-state index in [9.17, 15) is 13.2 Å². The summed E-state index contributed by atoms with van der Waals surface area (Å²) in [6.07, 6.45) is 0.0377. The highest BCUT2D eigenvalue weighted by atomic mass is 32.1. The Hall–Kier alpha value is -2.74. The molecule has 126 valence electrons. The van der Waals surface area contributed by atoms with Gasteiger partial charge in [-0.2, -0.15) is 18.3 Å². The van der Waals surface area contributed by atoms with Crippen molar-refractivity contribution in [3.63, 3.8) is 0 Å². The average Bonchev–Trinajstić information content (AvgIpc) is 3.24. The Balaban J connectivity index is 1.90. The first kappa shape index (κ1) is 15.8. The van der Waals surface area contributed by atoms with Crippen molar-refractivity contribution in [3.8, 4) is 10.6 Å². The highest BCUT2D eigenvalue weighted by Crippen LogP contribution is 2.37. The van der Waals surface area contributed by atoms with E-state index < -0.39 is 11.7 Å². The van der Waals surface area contributed by atoms with Crippen molar-refractivity contribution in [3.05, 3.63) is 65.4 Å². The van der Waals surface area contributed by atoms with Crippen molar-refractivity contribution in [2.75, 3.05) is 0 Å². The number of nitrogens with zero attached hydrogens (tertiary/aromatic N) is 4. The van der Waals surface area contributed by atoms with E-state index in [4.69, 9.17) is 0 Å². The number of rotatable bonds is 3. The molecule has 0 N–H and O–H groups in total. The molecule has 4 aromatic rings. The number of thiophene rings is 1. The molecule has 4 heterocycles. The van der Waals surface area contributed by atoms with Gasteiger partial charge in [0.25, 0.3) is 0 Å². The first-order valence-electron chi connectivity index (χ1n) is 7.39. The van der Waals surface area contributed by atoms with Crippen LogP contribution in [-0.2, 0) is 12.7 Å². The third kappa shape index (κ3) is 3.00. The van der Waals surface area contributed by atoms with Crippen molar-refractivity contribution in [1.29, 1.82) is 0 Å². The summed E-state index contributed by atoms with van der Waals surface area (Å²) in [4.78, 5) is 9.14. The molecule has 0 amide bonds. The molecule has 0 aliphatic carbocycles. The van der Waals surface area contributed by atoms with Crippen LogP contribution in [0.5, 0.6) is 0 Å². The fourth-order valence-corrected chi connectivity index (χ4v) is 3.30. The summed E-state index contributed by atoms with van der Waals surface area (Å²) in [6, 6.07) is 8.23. The van der Waals surface area contributed by atoms with Crippen LogP contribution in [0.2, 0.25) is 0 Å². The Morgan fingerprint density at radius 1 is 1.12 bits per heavy atom. The van der Waals surface area contributed by atoms with E-state index in [2.05, 4.69) is 15.1 Å². The number of halogens is 3. The molecule has 4 nitrogen and oxygen atoms in total. The van der Waals surface area contributed by atoms with Gasteiger partial charge in [-0.1, -0.05) is 12.1 Å². The molecule has 8 heteroatoms. The summed E-state index contributed by atoms with van der Waals surface area (Å²) in [5, 5.41) is 5.92. The van der Waals surface area contributed by atoms with Gasteiger partial charge in [-0.3, -0.25) is 4.98 Å². The SMILES string of the molecule is FC(F)(F)c1cc(-c2cccs2)nc2c1cnn2Cc1cccnc1. The third-order valence-electron chi connectivity index (χ3n) is 3.74. The van der Waals surface area contributed by atoms with Crippen LogP contribution in [0.15, 0.2) is 54.3 Å². The molecule has 0 saturated heterocycles. The van der Waals surface area contributed by atoms with Gasteiger partial charge in [0.1, 0.15) is 0 Å². The number of alkyl halides is 3. The lowest BCUT2D eigenvalue weighted by atomic mass is 10.1. The highest BCUT2D eigenvalue weighted by molar-refractivity contribution is 7.13. The van der Waals surface area contributed by atoms with Crippen molar-refractivity contribution in [1.82, 2.24) is 19.7 Å². The first-order chi connectivity index (χ1) is 12.0. The highest BCUT2D eigenvalue weighted by Gasteiger charge is 2.34. The fourth-order valence-electron chi connectivity index (χ4n) is 2.61. The Labute approximate surface area is 144 Å². The van der Waals surface area contributed by atoms with E-state index >= 15 is 0 Å². The van der Waals surface area contributed by atoms with Crippen LogP contribution < -0.4 is 0 Å². The molecule has 0 unspecified atom stereocenters. The lowest BCUT2D eigenvalue weighted by Crippen LogP contribution is -2.08.